The molecule has 1 aromatic carbocycles. The third-order valence-corrected chi connectivity index (χ3v) is 5.62. The molecule has 1 aromatic rings. The molecule has 0 saturated heterocycles. The number of rotatable bonds is 3. The summed E-state index contributed by atoms with van der Waals surface area (Å²) >= 11 is 3.27. The number of nitrogens with two attached hydrogens (primary N) is 1. The summed E-state index contributed by atoms with van der Waals surface area (Å²) in [6.45, 7) is 2.77. The number of hydrogen-bond donors (Lipinski definition) is 1. The van der Waals surface area contributed by atoms with E-state index in [0.717, 1.165) is 10.7 Å². The van der Waals surface area contributed by atoms with Crippen molar-refractivity contribution in [1.82, 2.24) is 0 Å². The van der Waals surface area contributed by atoms with Crippen LogP contribution < -0.4 is 10.6 Å². The van der Waals surface area contributed by atoms with E-state index in [9.17, 15) is 13.2 Å². The van der Waals surface area contributed by atoms with Crippen molar-refractivity contribution in [2.24, 2.45) is 0 Å². The summed E-state index contributed by atoms with van der Waals surface area (Å²) in [5.41, 5.74) is 6.71. The van der Waals surface area contributed by atoms with E-state index in [0.29, 0.717) is 11.4 Å². The maximum atomic E-state index is 12.3. The quantitative estimate of drug-likeness (QED) is 0.844. The Bertz CT molecular complexity index is 611. The van der Waals surface area contributed by atoms with Crippen LogP contribution in [0.3, 0.4) is 0 Å². The van der Waals surface area contributed by atoms with Crippen LogP contribution in [0.15, 0.2) is 22.7 Å². The van der Waals surface area contributed by atoms with Gasteiger partial charge in [-0.25, -0.2) is 8.42 Å². The molecule has 0 heterocycles. The summed E-state index contributed by atoms with van der Waals surface area (Å²) in [5.74, 6) is -0.524. The van der Waals surface area contributed by atoms with Gasteiger partial charge in [-0.15, -0.1) is 0 Å². The molecule has 0 fully saturated rings. The summed E-state index contributed by atoms with van der Waals surface area (Å²) in [7, 11) is -2.01. The van der Waals surface area contributed by atoms with Crippen molar-refractivity contribution >= 4 is 43.0 Å². The average molecular weight is 349 g/mol. The van der Waals surface area contributed by atoms with E-state index in [-0.39, 0.29) is 0 Å². The van der Waals surface area contributed by atoms with E-state index in [1.165, 1.54) is 25.8 Å². The van der Waals surface area contributed by atoms with Gasteiger partial charge in [0.15, 0.2) is 9.84 Å². The maximum absolute atomic E-state index is 12.3. The van der Waals surface area contributed by atoms with Gasteiger partial charge < -0.3 is 10.6 Å². The van der Waals surface area contributed by atoms with E-state index >= 15 is 0 Å². The highest BCUT2D eigenvalue weighted by Gasteiger charge is 2.41. The van der Waals surface area contributed by atoms with Gasteiger partial charge in [0.1, 0.15) is 4.75 Å². The smallest absolute Gasteiger partial charge is 0.247 e. The number of carbonyl (C=O) groups excluding carboxylic acids is 1. The largest absolute Gasteiger partial charge is 0.397 e. The molecule has 1 rings (SSSR count). The molecule has 7 heteroatoms. The topological polar surface area (TPSA) is 80.5 Å². The SMILES string of the molecule is CN(C(=O)C(C)(C)S(C)(=O)=O)c1ccc(Br)cc1N. The first kappa shape index (κ1) is 16.0. The molecule has 0 aliphatic carbocycles. The third-order valence-electron chi connectivity index (χ3n) is 3.10. The monoisotopic (exact) mass is 348 g/mol. The Morgan fingerprint density at radius 2 is 1.89 bits per heavy atom. The molecule has 1 amide bonds. The van der Waals surface area contributed by atoms with E-state index in [1.807, 2.05) is 0 Å². The third kappa shape index (κ3) is 3.09. The lowest BCUT2D eigenvalue weighted by molar-refractivity contribution is -0.120. The fraction of sp³-hybridized carbons (Fsp3) is 0.417. The Kier molecular flexibility index (Phi) is 4.31. The van der Waals surface area contributed by atoms with Crippen LogP contribution in [0.1, 0.15) is 13.8 Å². The van der Waals surface area contributed by atoms with Gasteiger partial charge in [0, 0.05) is 17.8 Å². The number of hydrogen-bond acceptors (Lipinski definition) is 4. The fourth-order valence-corrected chi connectivity index (χ4v) is 2.34. The zero-order valence-electron chi connectivity index (χ0n) is 11.3. The molecule has 19 heavy (non-hydrogen) atoms. The second kappa shape index (κ2) is 5.13. The van der Waals surface area contributed by atoms with Crippen molar-refractivity contribution in [3.05, 3.63) is 22.7 Å². The Morgan fingerprint density at radius 1 is 1.37 bits per heavy atom. The lowest BCUT2D eigenvalue weighted by atomic mass is 10.1. The van der Waals surface area contributed by atoms with Gasteiger partial charge in [0.05, 0.1) is 11.4 Å². The molecular formula is C12H17BrN2O3S. The molecule has 0 radical (unpaired) electrons. The minimum atomic E-state index is -3.52. The van der Waals surface area contributed by atoms with Crippen LogP contribution in [-0.2, 0) is 14.6 Å². The summed E-state index contributed by atoms with van der Waals surface area (Å²) in [6.07, 6.45) is 1.05. The number of amides is 1. The molecule has 0 atom stereocenters. The average Bonchev–Trinajstić information content (AvgIpc) is 2.25. The molecule has 5 nitrogen and oxygen atoms in total. The van der Waals surface area contributed by atoms with Crippen LogP contribution >= 0.6 is 15.9 Å². The van der Waals surface area contributed by atoms with E-state index in [4.69, 9.17) is 5.73 Å². The van der Waals surface area contributed by atoms with Crippen molar-refractivity contribution in [3.8, 4) is 0 Å². The first-order valence-electron chi connectivity index (χ1n) is 5.51. The Morgan fingerprint density at radius 3 is 2.32 bits per heavy atom. The fourth-order valence-electron chi connectivity index (χ4n) is 1.50. The number of nitrogen functional groups attached to an aromatic ring is 1. The lowest BCUT2D eigenvalue weighted by Crippen LogP contribution is -2.48. The predicted molar refractivity (Wildman–Crippen MR) is 80.9 cm³/mol. The molecule has 2 N–H and O–H groups in total. The van der Waals surface area contributed by atoms with E-state index in [2.05, 4.69) is 15.9 Å². The van der Waals surface area contributed by atoms with Crippen LogP contribution in [0.25, 0.3) is 0 Å². The molecule has 0 aliphatic heterocycles. The first-order valence-corrected chi connectivity index (χ1v) is 8.19. The van der Waals surface area contributed by atoms with Gasteiger partial charge in [-0.2, -0.15) is 0 Å². The first-order chi connectivity index (χ1) is 8.48. The molecule has 0 saturated carbocycles. The van der Waals surface area contributed by atoms with Gasteiger partial charge in [0.2, 0.25) is 5.91 Å². The molecule has 0 spiro atoms. The Labute approximate surface area is 121 Å². The van der Waals surface area contributed by atoms with Crippen LogP contribution in [-0.4, -0.2) is 32.4 Å². The van der Waals surface area contributed by atoms with Gasteiger partial charge >= 0.3 is 0 Å². The van der Waals surface area contributed by atoms with Crippen molar-refractivity contribution < 1.29 is 13.2 Å². The highest BCUT2D eigenvalue weighted by molar-refractivity contribution is 9.10. The minimum Gasteiger partial charge on any atom is -0.397 e. The number of nitrogens with zero attached hydrogens (tertiary/aromatic N) is 1. The molecular weight excluding hydrogens is 332 g/mol. The molecule has 0 unspecified atom stereocenters. The normalized spacial score (nSPS) is 12.3. The molecule has 0 aliphatic rings. The second-order valence-corrected chi connectivity index (χ2v) is 8.33. The van der Waals surface area contributed by atoms with Gasteiger partial charge in [-0.3, -0.25) is 4.79 Å². The Hall–Kier alpha value is -1.08. The minimum absolute atomic E-state index is 0.398. The number of anilines is 2. The Balaban J connectivity index is 3.21. The zero-order valence-corrected chi connectivity index (χ0v) is 13.7. The second-order valence-electron chi connectivity index (χ2n) is 4.85. The van der Waals surface area contributed by atoms with Crippen molar-refractivity contribution in [2.75, 3.05) is 23.9 Å². The summed E-state index contributed by atoms with van der Waals surface area (Å²) in [5, 5.41) is 0. The zero-order chi connectivity index (χ0) is 15.0. The molecule has 106 valence electrons. The number of halogens is 1. The van der Waals surface area contributed by atoms with Crippen LogP contribution in [0.5, 0.6) is 0 Å². The van der Waals surface area contributed by atoms with Crippen LogP contribution in [0, 0.1) is 0 Å². The predicted octanol–water partition coefficient (Wildman–Crippen LogP) is 1.82. The van der Waals surface area contributed by atoms with Gasteiger partial charge in [-0.05, 0) is 32.0 Å². The highest BCUT2D eigenvalue weighted by Crippen LogP contribution is 2.29. The van der Waals surface area contributed by atoms with Gasteiger partial charge in [0.25, 0.3) is 0 Å². The molecule has 0 aromatic heterocycles. The summed E-state index contributed by atoms with van der Waals surface area (Å²) < 4.78 is 22.7. The van der Waals surface area contributed by atoms with Gasteiger partial charge in [-0.1, -0.05) is 15.9 Å². The summed E-state index contributed by atoms with van der Waals surface area (Å²) in [6, 6.07) is 5.06. The summed E-state index contributed by atoms with van der Waals surface area (Å²) in [4.78, 5) is 13.6. The van der Waals surface area contributed by atoms with Crippen molar-refractivity contribution in [3.63, 3.8) is 0 Å². The number of benzene rings is 1. The lowest BCUT2D eigenvalue weighted by Gasteiger charge is -2.28. The van der Waals surface area contributed by atoms with Crippen molar-refractivity contribution in [1.29, 1.82) is 0 Å². The number of carbonyl (C=O) groups is 1. The highest BCUT2D eigenvalue weighted by atomic mass is 79.9. The maximum Gasteiger partial charge on any atom is 0.247 e. The van der Waals surface area contributed by atoms with Crippen LogP contribution in [0.4, 0.5) is 11.4 Å². The number of sulfone groups is 1. The van der Waals surface area contributed by atoms with Crippen LogP contribution in [0.2, 0.25) is 0 Å². The van der Waals surface area contributed by atoms with E-state index < -0.39 is 20.5 Å². The van der Waals surface area contributed by atoms with E-state index in [1.54, 1.807) is 18.2 Å². The molecule has 0 bridgehead atoms. The standard InChI is InChI=1S/C12H17BrN2O3S/c1-12(2,19(4,17)18)11(16)15(3)10-6-5-8(13)7-9(10)14/h5-7H,14H2,1-4H3. The van der Waals surface area contributed by atoms with Crippen molar-refractivity contribution in [2.45, 2.75) is 18.6 Å².